The van der Waals surface area contributed by atoms with E-state index < -0.39 is 23.6 Å². The molecule has 3 amide bonds. The number of likely N-dealkylation sites (N-methyl/N-ethyl adjacent to an activating group) is 1. The molecule has 0 bridgehead atoms. The fraction of sp³-hybridized carbons (Fsp3) is 0.414. The summed E-state index contributed by atoms with van der Waals surface area (Å²) >= 11 is 0. The highest BCUT2D eigenvalue weighted by molar-refractivity contribution is 5.96. The Morgan fingerprint density at radius 3 is 2.78 bits per heavy atom. The van der Waals surface area contributed by atoms with Crippen LogP contribution in [0.15, 0.2) is 47.5 Å². The number of alkyl carbamates (subject to hydrolysis) is 1. The molecule has 0 saturated heterocycles. The number of amides is 3. The third-order valence-electron chi connectivity index (χ3n) is 7.21. The van der Waals surface area contributed by atoms with E-state index in [1.54, 1.807) is 38.5 Å². The second-order valence-electron chi connectivity index (χ2n) is 10.4. The van der Waals surface area contributed by atoms with Crippen LogP contribution in [0.1, 0.15) is 43.4 Å². The van der Waals surface area contributed by atoms with Gasteiger partial charge in [0.25, 0.3) is 5.56 Å². The summed E-state index contributed by atoms with van der Waals surface area (Å²) in [5.74, 6) is -0.681. The van der Waals surface area contributed by atoms with Crippen LogP contribution < -0.4 is 16.2 Å². The Balaban J connectivity index is 1.48. The molecule has 1 saturated carbocycles. The highest BCUT2D eigenvalue weighted by atomic mass is 19.1. The highest BCUT2D eigenvalue weighted by Gasteiger charge is 2.23. The second-order valence-corrected chi connectivity index (χ2v) is 10.4. The van der Waals surface area contributed by atoms with E-state index in [2.05, 4.69) is 25.3 Å². The second kappa shape index (κ2) is 13.2. The number of carbonyl (C=O) groups excluding carboxylic acids is 3. The molecule has 3 N–H and O–H groups in total. The molecule has 1 unspecified atom stereocenters. The summed E-state index contributed by atoms with van der Waals surface area (Å²) in [5, 5.41) is 5.06. The average Bonchev–Trinajstić information content (AvgIpc) is 3.33. The number of ether oxygens (including phenoxy) is 1. The van der Waals surface area contributed by atoms with E-state index in [9.17, 15) is 23.6 Å². The van der Waals surface area contributed by atoms with E-state index in [0.29, 0.717) is 41.1 Å². The summed E-state index contributed by atoms with van der Waals surface area (Å²) in [6, 6.07) is 3.87. The molecule has 0 spiro atoms. The Kier molecular flexibility index (Phi) is 9.53. The fourth-order valence-corrected chi connectivity index (χ4v) is 4.65. The zero-order valence-electron chi connectivity index (χ0n) is 23.4. The number of allylic oxidation sites excluding steroid dienone is 1. The molecular formula is C29H35FN6O5. The maximum atomic E-state index is 14.6. The predicted octanol–water partition coefficient (Wildman–Crippen LogP) is 3.34. The van der Waals surface area contributed by atoms with Crippen molar-refractivity contribution in [2.45, 2.75) is 51.1 Å². The van der Waals surface area contributed by atoms with Crippen LogP contribution in [0.5, 0.6) is 0 Å². The van der Waals surface area contributed by atoms with Gasteiger partial charge in [0.2, 0.25) is 11.8 Å². The maximum absolute atomic E-state index is 14.6. The topological polar surface area (TPSA) is 138 Å². The quantitative estimate of drug-likeness (QED) is 0.305. The van der Waals surface area contributed by atoms with Gasteiger partial charge < -0.3 is 29.8 Å². The van der Waals surface area contributed by atoms with Crippen LogP contribution in [0.3, 0.4) is 0 Å². The molecule has 218 valence electrons. The van der Waals surface area contributed by atoms with Crippen LogP contribution in [0.4, 0.5) is 14.9 Å². The SMILES string of the molecule is COC(=O)NC(CC/C=C/C(=O)N(C)C)C(=O)Nc1cccn(Cc2cc3ncc(F)c(CC4CCC4)c3[nH]2)c1=O. The number of fused-ring (bicyclic) bond motifs is 1. The number of rotatable bonds is 11. The van der Waals surface area contributed by atoms with Gasteiger partial charge in [0.1, 0.15) is 17.5 Å². The number of H-pyrrole nitrogens is 1. The Morgan fingerprint density at radius 1 is 1.32 bits per heavy atom. The predicted molar refractivity (Wildman–Crippen MR) is 152 cm³/mol. The molecular weight excluding hydrogens is 531 g/mol. The zero-order valence-corrected chi connectivity index (χ0v) is 23.4. The summed E-state index contributed by atoms with van der Waals surface area (Å²) in [5.41, 5.74) is 2.13. The van der Waals surface area contributed by atoms with Crippen LogP contribution in [0, 0.1) is 11.7 Å². The smallest absolute Gasteiger partial charge is 0.407 e. The number of pyridine rings is 2. The first-order valence-electron chi connectivity index (χ1n) is 13.5. The van der Waals surface area contributed by atoms with Gasteiger partial charge in [-0.3, -0.25) is 19.4 Å². The van der Waals surface area contributed by atoms with Crippen LogP contribution in [0.25, 0.3) is 11.0 Å². The molecule has 11 nitrogen and oxygen atoms in total. The van der Waals surface area contributed by atoms with Crippen molar-refractivity contribution in [1.82, 2.24) is 24.8 Å². The number of carbonyl (C=O) groups is 3. The van der Waals surface area contributed by atoms with Gasteiger partial charge in [0.05, 0.1) is 30.9 Å². The largest absolute Gasteiger partial charge is 0.453 e. The minimum absolute atomic E-state index is 0.0263. The molecule has 4 rings (SSSR count). The molecule has 0 aromatic carbocycles. The van der Waals surface area contributed by atoms with Gasteiger partial charge in [-0.15, -0.1) is 0 Å². The molecule has 0 radical (unpaired) electrons. The van der Waals surface area contributed by atoms with Crippen molar-refractivity contribution in [2.24, 2.45) is 5.92 Å². The van der Waals surface area contributed by atoms with Crippen molar-refractivity contribution in [2.75, 3.05) is 26.5 Å². The van der Waals surface area contributed by atoms with Crippen molar-refractivity contribution in [3.8, 4) is 0 Å². The van der Waals surface area contributed by atoms with Crippen molar-refractivity contribution >= 4 is 34.6 Å². The maximum Gasteiger partial charge on any atom is 0.407 e. The van der Waals surface area contributed by atoms with Crippen molar-refractivity contribution in [3.05, 3.63) is 70.2 Å². The average molecular weight is 567 g/mol. The number of nitrogens with zero attached hydrogens (tertiary/aromatic N) is 3. The first-order chi connectivity index (χ1) is 19.7. The molecule has 0 aliphatic heterocycles. The summed E-state index contributed by atoms with van der Waals surface area (Å²) in [7, 11) is 4.42. The minimum Gasteiger partial charge on any atom is -0.453 e. The lowest BCUT2D eigenvalue weighted by molar-refractivity contribution is -0.123. The van der Waals surface area contributed by atoms with Crippen LogP contribution >= 0.6 is 0 Å². The number of halogens is 1. The molecule has 1 aliphatic carbocycles. The Bertz CT molecular complexity index is 1510. The first kappa shape index (κ1) is 29.5. The Hall–Kier alpha value is -4.48. The molecule has 3 aromatic heterocycles. The summed E-state index contributed by atoms with van der Waals surface area (Å²) in [6.07, 6.45) is 9.50. The number of nitrogens with one attached hydrogen (secondary N) is 3. The molecule has 3 aromatic rings. The van der Waals surface area contributed by atoms with Crippen molar-refractivity contribution in [3.63, 3.8) is 0 Å². The van der Waals surface area contributed by atoms with E-state index in [4.69, 9.17) is 0 Å². The molecule has 12 heteroatoms. The summed E-state index contributed by atoms with van der Waals surface area (Å²) in [6.45, 7) is 0.151. The van der Waals surface area contributed by atoms with E-state index in [1.807, 2.05) is 0 Å². The van der Waals surface area contributed by atoms with Crippen LogP contribution in [-0.2, 0) is 27.3 Å². The van der Waals surface area contributed by atoms with Gasteiger partial charge in [-0.25, -0.2) is 9.18 Å². The number of methoxy groups -OCH3 is 1. The molecule has 41 heavy (non-hydrogen) atoms. The van der Waals surface area contributed by atoms with Crippen molar-refractivity contribution < 1.29 is 23.5 Å². The summed E-state index contributed by atoms with van der Waals surface area (Å²) < 4.78 is 20.7. The number of aromatic amines is 1. The Labute approximate surface area is 236 Å². The van der Waals surface area contributed by atoms with Gasteiger partial charge in [-0.1, -0.05) is 25.3 Å². The van der Waals surface area contributed by atoms with Gasteiger partial charge in [-0.2, -0.15) is 0 Å². The lowest BCUT2D eigenvalue weighted by atomic mass is 9.81. The summed E-state index contributed by atoms with van der Waals surface area (Å²) in [4.78, 5) is 58.7. The lowest BCUT2D eigenvalue weighted by Gasteiger charge is -2.25. The lowest BCUT2D eigenvalue weighted by Crippen LogP contribution is -2.44. The van der Waals surface area contributed by atoms with Crippen molar-refractivity contribution in [1.29, 1.82) is 0 Å². The fourth-order valence-electron chi connectivity index (χ4n) is 4.65. The third kappa shape index (κ3) is 7.38. The zero-order chi connectivity index (χ0) is 29.5. The third-order valence-corrected chi connectivity index (χ3v) is 7.21. The monoisotopic (exact) mass is 566 g/mol. The highest BCUT2D eigenvalue weighted by Crippen LogP contribution is 2.32. The van der Waals surface area contributed by atoms with Gasteiger partial charge in [-0.05, 0) is 49.5 Å². The molecule has 1 atom stereocenters. The number of anilines is 1. The van der Waals surface area contributed by atoms with E-state index in [1.165, 1.54) is 41.3 Å². The minimum atomic E-state index is -1.02. The normalized spacial score (nSPS) is 14.0. The van der Waals surface area contributed by atoms with Crippen LogP contribution in [0.2, 0.25) is 0 Å². The molecule has 1 aliphatic rings. The van der Waals surface area contributed by atoms with Gasteiger partial charge >= 0.3 is 6.09 Å². The van der Waals surface area contributed by atoms with Gasteiger partial charge in [0, 0.05) is 31.5 Å². The van der Waals surface area contributed by atoms with Gasteiger partial charge in [0.15, 0.2) is 0 Å². The molecule has 1 fully saturated rings. The van der Waals surface area contributed by atoms with E-state index >= 15 is 0 Å². The standard InChI is InChI=1S/C29H35FN6O5/c1-35(2)25(37)12-5-4-10-22(34-29(40)41-3)27(38)33-23-11-7-13-36(28(23)39)17-19-15-24-26(32-19)20(21(30)16-31-24)14-18-8-6-9-18/h5,7,11-13,15-16,18,22,32H,4,6,8-10,14,17H2,1-3H3,(H,33,38)(H,34,40)/b12-5+. The number of aromatic nitrogens is 3. The number of hydrogen-bond donors (Lipinski definition) is 3. The van der Waals surface area contributed by atoms with Crippen LogP contribution in [-0.4, -0.2) is 64.6 Å². The first-order valence-corrected chi connectivity index (χ1v) is 13.5. The molecule has 3 heterocycles. The Morgan fingerprint density at radius 2 is 2.10 bits per heavy atom. The van der Waals surface area contributed by atoms with E-state index in [-0.39, 0.29) is 30.4 Å². The number of hydrogen-bond acceptors (Lipinski definition) is 6. The van der Waals surface area contributed by atoms with E-state index in [0.717, 1.165) is 12.8 Å².